The second-order valence-electron chi connectivity index (χ2n) is 6.32. The Kier molecular flexibility index (Phi) is 3.41. The lowest BCUT2D eigenvalue weighted by Crippen LogP contribution is -2.33. The van der Waals surface area contributed by atoms with Crippen molar-refractivity contribution in [1.29, 1.82) is 0 Å². The molecule has 2 fully saturated rings. The highest BCUT2D eigenvalue weighted by molar-refractivity contribution is 5.41. The number of aromatic nitrogens is 3. The first kappa shape index (κ1) is 13.5. The van der Waals surface area contributed by atoms with Crippen molar-refractivity contribution in [2.24, 2.45) is 0 Å². The summed E-state index contributed by atoms with van der Waals surface area (Å²) in [5, 5.41) is 0. The maximum Gasteiger partial charge on any atom is 0.248 e. The van der Waals surface area contributed by atoms with Gasteiger partial charge in [-0.25, -0.2) is 9.97 Å². The van der Waals surface area contributed by atoms with Crippen LogP contribution in [0.2, 0.25) is 0 Å². The molecule has 1 saturated carbocycles. The fourth-order valence-electron chi connectivity index (χ4n) is 3.29. The number of piperidine rings is 1. The van der Waals surface area contributed by atoms with Crippen molar-refractivity contribution in [3.63, 3.8) is 0 Å². The molecule has 0 radical (unpaired) electrons. The zero-order valence-electron chi connectivity index (χ0n) is 12.5. The van der Waals surface area contributed by atoms with Crippen molar-refractivity contribution in [1.82, 2.24) is 15.0 Å². The first-order valence-corrected chi connectivity index (χ1v) is 8.05. The summed E-state index contributed by atoms with van der Waals surface area (Å²) in [7, 11) is 0. The first-order chi connectivity index (χ1) is 10.8. The smallest absolute Gasteiger partial charge is 0.248 e. The van der Waals surface area contributed by atoms with Crippen molar-refractivity contribution in [2.45, 2.75) is 37.5 Å². The standard InChI is InChI=1S/C17H20N4O/c22-17-9-14(3-6-18-17)12-4-7-21(8-5-12)16-10-15(13-1-2-13)19-11-20-16/h3,6,9-13H,1-2,4-5,7-8H2,(H,18,22). The zero-order chi connectivity index (χ0) is 14.9. The summed E-state index contributed by atoms with van der Waals surface area (Å²) < 4.78 is 0. The molecule has 1 aliphatic heterocycles. The molecule has 0 atom stereocenters. The van der Waals surface area contributed by atoms with Gasteiger partial charge in [-0.1, -0.05) is 0 Å². The topological polar surface area (TPSA) is 61.9 Å². The van der Waals surface area contributed by atoms with E-state index in [1.54, 1.807) is 18.6 Å². The van der Waals surface area contributed by atoms with Crippen molar-refractivity contribution in [2.75, 3.05) is 18.0 Å². The number of hydrogen-bond acceptors (Lipinski definition) is 4. The van der Waals surface area contributed by atoms with E-state index in [2.05, 4.69) is 25.9 Å². The van der Waals surface area contributed by atoms with Gasteiger partial charge in [-0.15, -0.1) is 0 Å². The van der Waals surface area contributed by atoms with E-state index in [1.807, 2.05) is 6.07 Å². The van der Waals surface area contributed by atoms with Crippen molar-refractivity contribution in [3.05, 3.63) is 52.3 Å². The molecule has 0 spiro atoms. The largest absolute Gasteiger partial charge is 0.356 e. The van der Waals surface area contributed by atoms with E-state index in [0.717, 1.165) is 37.3 Å². The molecule has 1 N–H and O–H groups in total. The molecule has 0 amide bonds. The van der Waals surface area contributed by atoms with Crippen LogP contribution < -0.4 is 10.5 Å². The van der Waals surface area contributed by atoms with Gasteiger partial charge in [0.1, 0.15) is 12.1 Å². The number of hydrogen-bond donors (Lipinski definition) is 1. The molecule has 0 unspecified atom stereocenters. The maximum atomic E-state index is 11.4. The van der Waals surface area contributed by atoms with Gasteiger partial charge in [0.25, 0.3) is 0 Å². The SMILES string of the molecule is O=c1cc(C2CCN(c3cc(C4CC4)ncn3)CC2)cc[nH]1. The Hall–Kier alpha value is -2.17. The van der Waals surface area contributed by atoms with Crippen LogP contribution in [0.1, 0.15) is 48.8 Å². The molecule has 2 aliphatic rings. The monoisotopic (exact) mass is 296 g/mol. The van der Waals surface area contributed by atoms with E-state index < -0.39 is 0 Å². The molecule has 4 rings (SSSR count). The number of anilines is 1. The highest BCUT2D eigenvalue weighted by Gasteiger charge is 2.27. The number of nitrogens with zero attached hydrogens (tertiary/aromatic N) is 3. The predicted octanol–water partition coefficient (Wildman–Crippen LogP) is 2.43. The molecular weight excluding hydrogens is 276 g/mol. The van der Waals surface area contributed by atoms with Crippen molar-refractivity contribution >= 4 is 5.82 Å². The second kappa shape index (κ2) is 5.55. The van der Waals surface area contributed by atoms with Crippen LogP contribution in [0, 0.1) is 0 Å². The van der Waals surface area contributed by atoms with E-state index >= 15 is 0 Å². The fraction of sp³-hybridized carbons (Fsp3) is 0.471. The number of aromatic amines is 1. The molecule has 1 saturated heterocycles. The van der Waals surface area contributed by atoms with Crippen LogP contribution in [0.5, 0.6) is 0 Å². The number of pyridine rings is 1. The highest BCUT2D eigenvalue weighted by Crippen LogP contribution is 2.39. The molecule has 5 heteroatoms. The molecule has 0 bridgehead atoms. The van der Waals surface area contributed by atoms with Crippen LogP contribution in [0.3, 0.4) is 0 Å². The van der Waals surface area contributed by atoms with Crippen molar-refractivity contribution in [3.8, 4) is 0 Å². The average Bonchev–Trinajstić information content (AvgIpc) is 3.40. The second-order valence-corrected chi connectivity index (χ2v) is 6.32. The van der Waals surface area contributed by atoms with Gasteiger partial charge in [-0.05, 0) is 43.2 Å². The first-order valence-electron chi connectivity index (χ1n) is 8.05. The maximum absolute atomic E-state index is 11.4. The minimum Gasteiger partial charge on any atom is -0.356 e. The normalized spacial score (nSPS) is 19.4. The Labute approximate surface area is 129 Å². The summed E-state index contributed by atoms with van der Waals surface area (Å²) >= 11 is 0. The van der Waals surface area contributed by atoms with E-state index in [1.165, 1.54) is 18.5 Å². The molecule has 5 nitrogen and oxygen atoms in total. The molecule has 0 aromatic carbocycles. The minimum absolute atomic E-state index is 0.00944. The lowest BCUT2D eigenvalue weighted by atomic mass is 9.90. The summed E-state index contributed by atoms with van der Waals surface area (Å²) in [6, 6.07) is 5.92. The van der Waals surface area contributed by atoms with Crippen LogP contribution in [-0.2, 0) is 0 Å². The molecule has 22 heavy (non-hydrogen) atoms. The van der Waals surface area contributed by atoms with E-state index in [0.29, 0.717) is 11.8 Å². The molecule has 1 aliphatic carbocycles. The quantitative estimate of drug-likeness (QED) is 0.945. The average molecular weight is 296 g/mol. The summed E-state index contributed by atoms with van der Waals surface area (Å²) in [6.45, 7) is 1.97. The molecule has 2 aromatic rings. The fourth-order valence-corrected chi connectivity index (χ4v) is 3.29. The minimum atomic E-state index is -0.00944. The third kappa shape index (κ3) is 2.75. The van der Waals surface area contributed by atoms with Crippen LogP contribution in [-0.4, -0.2) is 28.0 Å². The molecular formula is C17H20N4O. The van der Waals surface area contributed by atoms with Crippen LogP contribution in [0.4, 0.5) is 5.82 Å². The Morgan fingerprint density at radius 3 is 2.59 bits per heavy atom. The molecule has 2 aromatic heterocycles. The highest BCUT2D eigenvalue weighted by atomic mass is 16.1. The Balaban J connectivity index is 1.45. The van der Waals surface area contributed by atoms with Gasteiger partial charge in [-0.3, -0.25) is 4.79 Å². The summed E-state index contributed by atoms with van der Waals surface area (Å²) in [4.78, 5) is 25.3. The predicted molar refractivity (Wildman–Crippen MR) is 85.3 cm³/mol. The van der Waals surface area contributed by atoms with Crippen LogP contribution >= 0.6 is 0 Å². The zero-order valence-corrected chi connectivity index (χ0v) is 12.5. The van der Waals surface area contributed by atoms with Gasteiger partial charge in [0, 0.05) is 43.0 Å². The van der Waals surface area contributed by atoms with E-state index in [-0.39, 0.29) is 5.56 Å². The molecule has 3 heterocycles. The third-order valence-electron chi connectivity index (χ3n) is 4.76. The van der Waals surface area contributed by atoms with Crippen molar-refractivity contribution < 1.29 is 0 Å². The Morgan fingerprint density at radius 2 is 1.86 bits per heavy atom. The summed E-state index contributed by atoms with van der Waals surface area (Å²) in [5.41, 5.74) is 2.34. The summed E-state index contributed by atoms with van der Waals surface area (Å²) in [6.07, 6.45) is 8.10. The van der Waals surface area contributed by atoms with Gasteiger partial charge in [0.2, 0.25) is 5.56 Å². The molecule has 114 valence electrons. The van der Waals surface area contributed by atoms with Crippen LogP contribution in [0.15, 0.2) is 35.5 Å². The summed E-state index contributed by atoms with van der Waals surface area (Å²) in [5.74, 6) is 2.19. The van der Waals surface area contributed by atoms with Gasteiger partial charge < -0.3 is 9.88 Å². The number of nitrogens with one attached hydrogen (secondary N) is 1. The van der Waals surface area contributed by atoms with Crippen LogP contribution in [0.25, 0.3) is 0 Å². The lowest BCUT2D eigenvalue weighted by Gasteiger charge is -2.33. The lowest BCUT2D eigenvalue weighted by molar-refractivity contribution is 0.501. The number of rotatable bonds is 3. The Morgan fingerprint density at radius 1 is 1.05 bits per heavy atom. The third-order valence-corrected chi connectivity index (χ3v) is 4.76. The van der Waals surface area contributed by atoms with E-state index in [4.69, 9.17) is 0 Å². The van der Waals surface area contributed by atoms with Gasteiger partial charge in [0.05, 0.1) is 0 Å². The number of H-pyrrole nitrogens is 1. The van der Waals surface area contributed by atoms with Gasteiger partial charge >= 0.3 is 0 Å². The van der Waals surface area contributed by atoms with Gasteiger partial charge in [0.15, 0.2) is 0 Å². The van der Waals surface area contributed by atoms with E-state index in [9.17, 15) is 4.79 Å². The van der Waals surface area contributed by atoms with Gasteiger partial charge in [-0.2, -0.15) is 0 Å². The Bertz CT molecular complexity index is 714.